The van der Waals surface area contributed by atoms with Crippen LogP contribution in [0.2, 0.25) is 0 Å². The number of aromatic nitrogens is 4. The second-order valence-electron chi connectivity index (χ2n) is 5.46. The lowest BCUT2D eigenvalue weighted by Gasteiger charge is -2.04. The predicted octanol–water partition coefficient (Wildman–Crippen LogP) is 2.01. The summed E-state index contributed by atoms with van der Waals surface area (Å²) in [5, 5.41) is 14.6. The number of benzene rings is 1. The zero-order valence-corrected chi connectivity index (χ0v) is 12.4. The van der Waals surface area contributed by atoms with Crippen LogP contribution in [-0.2, 0) is 6.61 Å². The number of aryl methyl sites for hydroxylation is 1. The molecule has 23 heavy (non-hydrogen) atoms. The maximum atomic E-state index is 12.6. The lowest BCUT2D eigenvalue weighted by atomic mass is 10.1. The topological polar surface area (TPSA) is 83.8 Å². The summed E-state index contributed by atoms with van der Waals surface area (Å²) < 4.78 is 1.37. The second kappa shape index (κ2) is 5.03. The normalized spacial score (nSPS) is 11.4. The summed E-state index contributed by atoms with van der Waals surface area (Å²) in [7, 11) is 0. The molecule has 0 saturated heterocycles. The van der Waals surface area contributed by atoms with E-state index in [-0.39, 0.29) is 12.2 Å². The Kier molecular flexibility index (Phi) is 2.99. The molecular weight excluding hydrogens is 292 g/mol. The van der Waals surface area contributed by atoms with Gasteiger partial charge in [0.05, 0.1) is 24.1 Å². The maximum Gasteiger partial charge on any atom is 0.282 e. The van der Waals surface area contributed by atoms with Crippen LogP contribution in [0.15, 0.2) is 47.5 Å². The molecule has 6 nitrogen and oxygen atoms in total. The van der Waals surface area contributed by atoms with Crippen molar-refractivity contribution >= 4 is 10.9 Å². The molecule has 2 aromatic rings. The molecule has 0 bridgehead atoms. The van der Waals surface area contributed by atoms with Crippen LogP contribution >= 0.6 is 0 Å². The average Bonchev–Trinajstić information content (AvgIpc) is 2.92. The SMILES string of the molecule is Cc1ccc(-n2nc3c4ccc(CO)cc4[nH]cc-3c2=O)cn1. The van der Waals surface area contributed by atoms with Gasteiger partial charge in [0.25, 0.3) is 5.56 Å². The minimum absolute atomic E-state index is 0.0297. The molecule has 2 aliphatic rings. The third-order valence-electron chi connectivity index (χ3n) is 3.91. The Bertz CT molecular complexity index is 1030. The molecular formula is C17H14N4O2. The van der Waals surface area contributed by atoms with Crippen LogP contribution in [-0.4, -0.2) is 24.9 Å². The van der Waals surface area contributed by atoms with Crippen molar-refractivity contribution in [3.05, 3.63) is 64.3 Å². The first-order valence-electron chi connectivity index (χ1n) is 7.24. The van der Waals surface area contributed by atoms with E-state index < -0.39 is 0 Å². The van der Waals surface area contributed by atoms with Crippen LogP contribution in [0.1, 0.15) is 11.3 Å². The van der Waals surface area contributed by atoms with Crippen molar-refractivity contribution in [2.45, 2.75) is 13.5 Å². The number of rotatable bonds is 2. The van der Waals surface area contributed by atoms with Gasteiger partial charge in [-0.2, -0.15) is 9.78 Å². The fourth-order valence-corrected chi connectivity index (χ4v) is 2.67. The van der Waals surface area contributed by atoms with Crippen LogP contribution in [0, 0.1) is 6.92 Å². The van der Waals surface area contributed by atoms with E-state index in [2.05, 4.69) is 15.1 Å². The zero-order valence-electron chi connectivity index (χ0n) is 12.4. The number of hydrogen-bond donors (Lipinski definition) is 2. The Morgan fingerprint density at radius 2 is 2.13 bits per heavy atom. The molecule has 0 radical (unpaired) electrons. The smallest absolute Gasteiger partial charge is 0.282 e. The van der Waals surface area contributed by atoms with E-state index in [9.17, 15) is 9.90 Å². The Balaban J connectivity index is 1.99. The monoisotopic (exact) mass is 306 g/mol. The molecule has 114 valence electrons. The predicted molar refractivity (Wildman–Crippen MR) is 86.8 cm³/mol. The number of H-pyrrole nitrogens is 1. The summed E-state index contributed by atoms with van der Waals surface area (Å²) in [6.45, 7) is 1.86. The summed E-state index contributed by atoms with van der Waals surface area (Å²) in [5.41, 5.74) is 4.12. The van der Waals surface area contributed by atoms with Crippen LogP contribution in [0.4, 0.5) is 0 Å². The quantitative estimate of drug-likeness (QED) is 0.593. The molecule has 2 N–H and O–H groups in total. The fraction of sp³-hybridized carbons (Fsp3) is 0.118. The number of aliphatic hydroxyl groups excluding tert-OH is 1. The molecule has 0 saturated carbocycles. The van der Waals surface area contributed by atoms with Crippen molar-refractivity contribution in [1.29, 1.82) is 0 Å². The van der Waals surface area contributed by atoms with Gasteiger partial charge in [-0.15, -0.1) is 0 Å². The van der Waals surface area contributed by atoms with E-state index in [4.69, 9.17) is 0 Å². The minimum atomic E-state index is -0.185. The highest BCUT2D eigenvalue weighted by atomic mass is 16.3. The summed E-state index contributed by atoms with van der Waals surface area (Å²) >= 11 is 0. The van der Waals surface area contributed by atoms with Crippen molar-refractivity contribution in [2.75, 3.05) is 0 Å². The minimum Gasteiger partial charge on any atom is -0.392 e. The van der Waals surface area contributed by atoms with Gasteiger partial charge in [0.2, 0.25) is 0 Å². The van der Waals surface area contributed by atoms with Crippen molar-refractivity contribution in [2.24, 2.45) is 0 Å². The molecule has 4 rings (SSSR count). The number of hydrogen-bond acceptors (Lipinski definition) is 4. The lowest BCUT2D eigenvalue weighted by Crippen LogP contribution is -2.14. The first-order chi connectivity index (χ1) is 11.2. The van der Waals surface area contributed by atoms with Crippen molar-refractivity contribution < 1.29 is 5.11 Å². The van der Waals surface area contributed by atoms with Gasteiger partial charge in [0, 0.05) is 22.8 Å². The molecule has 2 aliphatic heterocycles. The molecule has 0 spiro atoms. The van der Waals surface area contributed by atoms with E-state index in [0.717, 1.165) is 22.2 Å². The summed E-state index contributed by atoms with van der Waals surface area (Å²) in [6.07, 6.45) is 3.30. The van der Waals surface area contributed by atoms with Crippen molar-refractivity contribution in [3.8, 4) is 16.9 Å². The van der Waals surface area contributed by atoms with Crippen LogP contribution in [0.25, 0.3) is 27.8 Å². The highest BCUT2D eigenvalue weighted by molar-refractivity contribution is 5.93. The molecule has 1 aromatic carbocycles. The van der Waals surface area contributed by atoms with Gasteiger partial charge < -0.3 is 10.1 Å². The average molecular weight is 306 g/mol. The third kappa shape index (κ3) is 2.11. The lowest BCUT2D eigenvalue weighted by molar-refractivity contribution is 0.282. The van der Waals surface area contributed by atoms with E-state index in [1.54, 1.807) is 12.4 Å². The molecule has 0 atom stereocenters. The first kappa shape index (κ1) is 13.7. The van der Waals surface area contributed by atoms with E-state index in [1.165, 1.54) is 4.68 Å². The van der Waals surface area contributed by atoms with Gasteiger partial charge in [-0.05, 0) is 30.7 Å². The maximum absolute atomic E-state index is 12.6. The number of fused-ring (bicyclic) bond motifs is 3. The van der Waals surface area contributed by atoms with Crippen LogP contribution in [0.5, 0.6) is 0 Å². The summed E-state index contributed by atoms with van der Waals surface area (Å²) in [5.74, 6) is 0. The van der Waals surface area contributed by atoms with Crippen LogP contribution < -0.4 is 5.56 Å². The summed E-state index contributed by atoms with van der Waals surface area (Å²) in [4.78, 5) is 19.9. The Morgan fingerprint density at radius 1 is 1.26 bits per heavy atom. The summed E-state index contributed by atoms with van der Waals surface area (Å²) in [6, 6.07) is 9.21. The van der Waals surface area contributed by atoms with Crippen molar-refractivity contribution in [3.63, 3.8) is 0 Å². The fourth-order valence-electron chi connectivity index (χ4n) is 2.67. The Hall–Kier alpha value is -2.99. The highest BCUT2D eigenvalue weighted by Gasteiger charge is 2.19. The van der Waals surface area contributed by atoms with Gasteiger partial charge in [0.1, 0.15) is 5.69 Å². The molecule has 1 aromatic heterocycles. The Morgan fingerprint density at radius 3 is 2.87 bits per heavy atom. The van der Waals surface area contributed by atoms with Gasteiger partial charge in [-0.3, -0.25) is 9.78 Å². The van der Waals surface area contributed by atoms with Gasteiger partial charge >= 0.3 is 0 Å². The number of nitrogens with one attached hydrogen (secondary N) is 1. The standard InChI is InChI=1S/C17H14N4O2/c1-10-2-4-12(7-18-10)21-17(23)14-8-19-15-6-11(9-22)3-5-13(15)16(14)20-21/h2-8,19,22H,9H2,1H3. The number of aliphatic hydroxyl groups is 1. The van der Waals surface area contributed by atoms with Gasteiger partial charge in [-0.25, -0.2) is 0 Å². The second-order valence-corrected chi connectivity index (χ2v) is 5.46. The molecule has 0 unspecified atom stereocenters. The van der Waals surface area contributed by atoms with E-state index >= 15 is 0 Å². The molecule has 6 heteroatoms. The largest absolute Gasteiger partial charge is 0.392 e. The van der Waals surface area contributed by atoms with Crippen LogP contribution in [0.3, 0.4) is 0 Å². The Labute approximate surface area is 131 Å². The molecule has 0 amide bonds. The van der Waals surface area contributed by atoms with Gasteiger partial charge in [-0.1, -0.05) is 12.1 Å². The molecule has 3 heterocycles. The number of nitrogens with zero attached hydrogens (tertiary/aromatic N) is 3. The van der Waals surface area contributed by atoms with E-state index in [1.807, 2.05) is 37.3 Å². The highest BCUT2D eigenvalue weighted by Crippen LogP contribution is 2.26. The first-order valence-corrected chi connectivity index (χ1v) is 7.24. The molecule has 0 aliphatic carbocycles. The molecule has 0 fully saturated rings. The van der Waals surface area contributed by atoms with Crippen molar-refractivity contribution in [1.82, 2.24) is 19.7 Å². The zero-order chi connectivity index (χ0) is 16.0. The van der Waals surface area contributed by atoms with E-state index in [0.29, 0.717) is 16.9 Å². The third-order valence-corrected chi connectivity index (χ3v) is 3.91. The van der Waals surface area contributed by atoms with Gasteiger partial charge in [0.15, 0.2) is 0 Å². The number of aromatic amines is 1. The number of pyridine rings is 2.